The van der Waals surface area contributed by atoms with Crippen molar-refractivity contribution in [2.45, 2.75) is 45.1 Å². The number of fused-ring (bicyclic) bond motifs is 3. The number of carbonyl (C=O) groups is 2. The lowest BCUT2D eigenvalue weighted by atomic mass is 10.00. The van der Waals surface area contributed by atoms with Crippen LogP contribution in [0.1, 0.15) is 37.1 Å². The zero-order chi connectivity index (χ0) is 16.2. The summed E-state index contributed by atoms with van der Waals surface area (Å²) in [4.78, 5) is 35.5. The van der Waals surface area contributed by atoms with E-state index < -0.39 is 11.6 Å². The number of hydrogen-bond donors (Lipinski definition) is 2. The van der Waals surface area contributed by atoms with Gasteiger partial charge in [0.2, 0.25) is 0 Å². The molecule has 2 aromatic heterocycles. The number of anilines is 1. The number of urea groups is 1. The van der Waals surface area contributed by atoms with Gasteiger partial charge in [-0.2, -0.15) is 5.01 Å². The third kappa shape index (κ3) is 2.01. The molecule has 0 radical (unpaired) electrons. The summed E-state index contributed by atoms with van der Waals surface area (Å²) in [6, 6.07) is -0.446. The van der Waals surface area contributed by atoms with Gasteiger partial charge in [-0.1, -0.05) is 6.92 Å². The molecule has 0 saturated carbocycles. The molecule has 1 aliphatic heterocycles. The first-order valence-corrected chi connectivity index (χ1v) is 8.54. The average molecular weight is 331 g/mol. The third-order valence-electron chi connectivity index (χ3n) is 4.69. The van der Waals surface area contributed by atoms with Crippen molar-refractivity contribution in [2.24, 2.45) is 0 Å². The predicted molar refractivity (Wildman–Crippen MR) is 87.1 cm³/mol. The smallest absolute Gasteiger partial charge is 0.322 e. The molecule has 1 saturated heterocycles. The highest BCUT2D eigenvalue weighted by molar-refractivity contribution is 7.19. The van der Waals surface area contributed by atoms with E-state index in [0.717, 1.165) is 34.5 Å². The molecular weight excluding hydrogens is 314 g/mol. The Kier molecular flexibility index (Phi) is 3.06. The lowest BCUT2D eigenvalue weighted by Crippen LogP contribution is -2.43. The van der Waals surface area contributed by atoms with E-state index in [1.165, 1.54) is 16.8 Å². The summed E-state index contributed by atoms with van der Waals surface area (Å²) >= 11 is 1.67. The molecule has 2 aliphatic rings. The Morgan fingerprint density at radius 3 is 2.96 bits per heavy atom. The lowest BCUT2D eigenvalue weighted by molar-refractivity contribution is -0.129. The highest BCUT2D eigenvalue weighted by Crippen LogP contribution is 2.39. The van der Waals surface area contributed by atoms with E-state index in [9.17, 15) is 9.59 Å². The number of nitrogens with zero attached hydrogens (tertiary/aromatic N) is 3. The predicted octanol–water partition coefficient (Wildman–Crippen LogP) is 2.23. The molecule has 1 aliphatic carbocycles. The van der Waals surface area contributed by atoms with E-state index in [2.05, 4.69) is 20.7 Å². The molecule has 8 heteroatoms. The quantitative estimate of drug-likeness (QED) is 0.842. The van der Waals surface area contributed by atoms with Gasteiger partial charge < -0.3 is 5.32 Å². The molecule has 2 aromatic rings. The van der Waals surface area contributed by atoms with E-state index in [-0.39, 0.29) is 5.91 Å². The van der Waals surface area contributed by atoms with Crippen LogP contribution in [0.3, 0.4) is 0 Å². The van der Waals surface area contributed by atoms with Crippen molar-refractivity contribution >= 4 is 39.3 Å². The van der Waals surface area contributed by atoms with E-state index in [1.807, 2.05) is 6.92 Å². The fourth-order valence-corrected chi connectivity index (χ4v) is 4.37. The Balaban J connectivity index is 1.74. The lowest BCUT2D eigenvalue weighted by Gasteiger charge is -2.19. The normalized spacial score (nSPS) is 23.5. The number of hydrogen-bond acceptors (Lipinski definition) is 6. The van der Waals surface area contributed by atoms with Crippen LogP contribution in [0.4, 0.5) is 10.6 Å². The molecular formula is C15H17N5O2S. The van der Waals surface area contributed by atoms with Crippen LogP contribution in [0.2, 0.25) is 0 Å². The fraction of sp³-hybridized carbons (Fsp3) is 0.467. The minimum atomic E-state index is -0.868. The molecule has 120 valence electrons. The van der Waals surface area contributed by atoms with E-state index >= 15 is 0 Å². The Morgan fingerprint density at radius 1 is 1.39 bits per heavy atom. The van der Waals surface area contributed by atoms with E-state index in [4.69, 9.17) is 0 Å². The van der Waals surface area contributed by atoms with Crippen molar-refractivity contribution in [3.8, 4) is 0 Å². The zero-order valence-electron chi connectivity index (χ0n) is 13.0. The number of amides is 3. The average Bonchev–Trinajstić information content (AvgIpc) is 3.16. The molecule has 3 amide bonds. The summed E-state index contributed by atoms with van der Waals surface area (Å²) in [5, 5.41) is 4.70. The highest BCUT2D eigenvalue weighted by atomic mass is 32.1. The summed E-state index contributed by atoms with van der Waals surface area (Å²) in [6.45, 7) is 3.60. The first-order valence-electron chi connectivity index (χ1n) is 7.72. The first kappa shape index (κ1) is 14.4. The van der Waals surface area contributed by atoms with Gasteiger partial charge in [0.15, 0.2) is 5.82 Å². The van der Waals surface area contributed by atoms with Crippen LogP contribution in [-0.4, -0.2) is 32.5 Å². The van der Waals surface area contributed by atoms with Crippen molar-refractivity contribution in [1.82, 2.24) is 20.3 Å². The topological polar surface area (TPSA) is 87.2 Å². The number of imide groups is 1. The number of thiophene rings is 1. The molecule has 23 heavy (non-hydrogen) atoms. The van der Waals surface area contributed by atoms with Gasteiger partial charge in [0.1, 0.15) is 16.7 Å². The summed E-state index contributed by atoms with van der Waals surface area (Å²) < 4.78 is 0. The van der Waals surface area contributed by atoms with Gasteiger partial charge in [-0.25, -0.2) is 14.8 Å². The van der Waals surface area contributed by atoms with Crippen LogP contribution >= 0.6 is 11.3 Å². The van der Waals surface area contributed by atoms with Crippen LogP contribution < -0.4 is 10.7 Å². The Bertz CT molecular complexity index is 833. The molecule has 2 N–H and O–H groups in total. The molecule has 0 spiro atoms. The minimum absolute atomic E-state index is 0.288. The molecule has 1 unspecified atom stereocenters. The summed E-state index contributed by atoms with van der Waals surface area (Å²) in [7, 11) is 0. The maximum atomic E-state index is 12.5. The van der Waals surface area contributed by atoms with Crippen molar-refractivity contribution in [3.05, 3.63) is 16.8 Å². The number of carbonyl (C=O) groups excluding carboxylic acids is 2. The Labute approximate surface area is 137 Å². The van der Waals surface area contributed by atoms with Gasteiger partial charge in [-0.05, 0) is 38.2 Å². The number of nitrogens with one attached hydrogen (secondary N) is 2. The van der Waals surface area contributed by atoms with Crippen LogP contribution in [0.15, 0.2) is 6.33 Å². The first-order chi connectivity index (χ1) is 11.0. The van der Waals surface area contributed by atoms with Gasteiger partial charge in [0.25, 0.3) is 5.91 Å². The summed E-state index contributed by atoms with van der Waals surface area (Å²) in [6.07, 6.45) is 5.18. The number of rotatable bonds is 3. The largest absolute Gasteiger partial charge is 0.344 e. The van der Waals surface area contributed by atoms with Gasteiger partial charge in [0, 0.05) is 4.88 Å². The van der Waals surface area contributed by atoms with Crippen molar-refractivity contribution in [3.63, 3.8) is 0 Å². The second kappa shape index (κ2) is 4.89. The van der Waals surface area contributed by atoms with Crippen molar-refractivity contribution in [2.75, 3.05) is 5.43 Å². The standard InChI is InChI=1S/C15H17N5O2S/c1-3-15(2)13(21)20(14(22)18-15)19-11-10-8-5-4-6-9(8)23-12(10)17-7-16-11/h7H,3-6H2,1-2H3,(H,18,22)(H,16,17,19). The monoisotopic (exact) mass is 331 g/mol. The molecule has 1 fully saturated rings. The minimum Gasteiger partial charge on any atom is -0.322 e. The summed E-state index contributed by atoms with van der Waals surface area (Å²) in [5.41, 5.74) is 3.30. The van der Waals surface area contributed by atoms with Gasteiger partial charge in [-0.15, -0.1) is 11.3 Å². The van der Waals surface area contributed by atoms with E-state index in [1.54, 1.807) is 18.3 Å². The van der Waals surface area contributed by atoms with Crippen LogP contribution in [0.25, 0.3) is 10.2 Å². The molecule has 0 bridgehead atoms. The zero-order valence-corrected chi connectivity index (χ0v) is 13.8. The molecule has 0 aromatic carbocycles. The fourth-order valence-electron chi connectivity index (χ4n) is 3.14. The van der Waals surface area contributed by atoms with Gasteiger partial charge in [0.05, 0.1) is 5.39 Å². The second-order valence-corrected chi connectivity index (χ2v) is 7.21. The van der Waals surface area contributed by atoms with Crippen LogP contribution in [0.5, 0.6) is 0 Å². The van der Waals surface area contributed by atoms with Crippen molar-refractivity contribution in [1.29, 1.82) is 0 Å². The Hall–Kier alpha value is -2.22. The maximum Gasteiger partial charge on any atom is 0.344 e. The molecule has 7 nitrogen and oxygen atoms in total. The number of aromatic nitrogens is 2. The van der Waals surface area contributed by atoms with Crippen molar-refractivity contribution < 1.29 is 9.59 Å². The second-order valence-electron chi connectivity index (χ2n) is 6.13. The van der Waals surface area contributed by atoms with Gasteiger partial charge in [-0.3, -0.25) is 10.2 Å². The van der Waals surface area contributed by atoms with E-state index in [0.29, 0.717) is 12.2 Å². The number of hydrazine groups is 1. The SMILES string of the molecule is CCC1(C)NC(=O)N(Nc2ncnc3sc4c(c23)CCC4)C1=O. The van der Waals surface area contributed by atoms with Gasteiger partial charge >= 0.3 is 6.03 Å². The van der Waals surface area contributed by atoms with Crippen LogP contribution in [-0.2, 0) is 17.6 Å². The molecule has 3 heterocycles. The number of aryl methyl sites for hydroxylation is 2. The molecule has 4 rings (SSSR count). The third-order valence-corrected chi connectivity index (χ3v) is 5.89. The highest BCUT2D eigenvalue weighted by Gasteiger charge is 2.47. The maximum absolute atomic E-state index is 12.5. The van der Waals surface area contributed by atoms with Crippen LogP contribution in [0, 0.1) is 0 Å². The Morgan fingerprint density at radius 2 is 2.22 bits per heavy atom. The summed E-state index contributed by atoms with van der Waals surface area (Å²) in [5.74, 6) is 0.238. The molecule has 1 atom stereocenters.